The molecule has 0 bridgehead atoms. The lowest BCUT2D eigenvalue weighted by molar-refractivity contribution is -0.394. The van der Waals surface area contributed by atoms with Crippen LogP contribution in [0.4, 0.5) is 11.1 Å². The van der Waals surface area contributed by atoms with Gasteiger partial charge in [0.2, 0.25) is 11.7 Å². The second kappa shape index (κ2) is 6.01. The number of nitrogens with zero attached hydrogens (tertiary/aromatic N) is 5. The van der Waals surface area contributed by atoms with Crippen molar-refractivity contribution in [2.45, 2.75) is 13.5 Å². The molecule has 0 radical (unpaired) electrons. The Morgan fingerprint density at radius 2 is 2.26 bits per heavy atom. The Balaban J connectivity index is 1.74. The zero-order valence-corrected chi connectivity index (χ0v) is 14.1. The van der Waals surface area contributed by atoms with E-state index in [2.05, 4.69) is 36.3 Å². The van der Waals surface area contributed by atoms with Crippen molar-refractivity contribution in [2.75, 3.05) is 5.32 Å². The monoisotopic (exact) mass is 396 g/mol. The molecule has 0 atom stereocenters. The molecule has 0 aliphatic heterocycles. The molecule has 2 aromatic heterocycles. The SMILES string of the molecule is Cc1nc([N+](=O)[O-])nn1CC(=O)Nc1nc2ccc(Br)cc2s1. The molecular formula is C12H9BrN6O3S. The van der Waals surface area contributed by atoms with Crippen molar-refractivity contribution in [1.82, 2.24) is 19.7 Å². The number of nitrogens with one attached hydrogen (secondary N) is 1. The van der Waals surface area contributed by atoms with Crippen molar-refractivity contribution >= 4 is 54.5 Å². The molecule has 118 valence electrons. The fourth-order valence-corrected chi connectivity index (χ4v) is 3.31. The smallest absolute Gasteiger partial charge is 0.390 e. The first-order chi connectivity index (χ1) is 10.9. The van der Waals surface area contributed by atoms with E-state index < -0.39 is 10.9 Å². The highest BCUT2D eigenvalue weighted by atomic mass is 79.9. The predicted octanol–water partition coefficient (Wildman–Crippen LogP) is 2.51. The number of amides is 1. The summed E-state index contributed by atoms with van der Waals surface area (Å²) in [5.74, 6) is -0.619. The quantitative estimate of drug-likeness (QED) is 0.534. The van der Waals surface area contributed by atoms with E-state index in [4.69, 9.17) is 0 Å². The van der Waals surface area contributed by atoms with Gasteiger partial charge in [-0.2, -0.15) is 4.68 Å². The van der Waals surface area contributed by atoms with Gasteiger partial charge in [-0.25, -0.2) is 4.98 Å². The molecule has 0 aliphatic rings. The average molecular weight is 397 g/mol. The third-order valence-electron chi connectivity index (χ3n) is 2.90. The molecule has 0 spiro atoms. The van der Waals surface area contributed by atoms with Gasteiger partial charge in [0.25, 0.3) is 0 Å². The Morgan fingerprint density at radius 3 is 2.96 bits per heavy atom. The Labute approximate surface area is 141 Å². The number of carbonyl (C=O) groups is 1. The maximum atomic E-state index is 12.0. The van der Waals surface area contributed by atoms with Crippen molar-refractivity contribution in [1.29, 1.82) is 0 Å². The Morgan fingerprint density at radius 1 is 1.48 bits per heavy atom. The molecule has 23 heavy (non-hydrogen) atoms. The summed E-state index contributed by atoms with van der Waals surface area (Å²) in [5.41, 5.74) is 0.779. The highest BCUT2D eigenvalue weighted by Gasteiger charge is 2.20. The minimum Gasteiger partial charge on any atom is -0.390 e. The number of anilines is 1. The van der Waals surface area contributed by atoms with Crippen LogP contribution in [0.15, 0.2) is 22.7 Å². The number of fused-ring (bicyclic) bond motifs is 1. The summed E-state index contributed by atoms with van der Waals surface area (Å²) in [6.45, 7) is 1.37. The number of thiazole rings is 1. The summed E-state index contributed by atoms with van der Waals surface area (Å²) >= 11 is 4.71. The number of hydrogen-bond donors (Lipinski definition) is 1. The lowest BCUT2D eigenvalue weighted by Gasteiger charge is -1.99. The summed E-state index contributed by atoms with van der Waals surface area (Å²) < 4.78 is 3.04. The van der Waals surface area contributed by atoms with E-state index in [0.717, 1.165) is 14.7 Å². The van der Waals surface area contributed by atoms with Crippen LogP contribution in [-0.4, -0.2) is 30.6 Å². The standard InChI is InChI=1S/C12H9BrN6O3S/c1-6-14-11(19(21)22)17-18(6)5-10(20)16-12-15-8-3-2-7(13)4-9(8)23-12/h2-4H,5H2,1H3,(H,15,16,20). The fourth-order valence-electron chi connectivity index (χ4n) is 1.88. The van der Waals surface area contributed by atoms with Crippen LogP contribution in [0.3, 0.4) is 0 Å². The van der Waals surface area contributed by atoms with E-state index in [-0.39, 0.29) is 12.5 Å². The Bertz CT molecular complexity index is 921. The van der Waals surface area contributed by atoms with Gasteiger partial charge in [0.1, 0.15) is 6.54 Å². The molecule has 0 saturated carbocycles. The Hall–Kier alpha value is -2.40. The van der Waals surface area contributed by atoms with E-state index in [1.54, 1.807) is 6.92 Å². The number of carbonyl (C=O) groups excluding carboxylic acids is 1. The zero-order valence-electron chi connectivity index (χ0n) is 11.7. The number of halogens is 1. The minimum absolute atomic E-state index is 0.174. The number of benzene rings is 1. The fraction of sp³-hybridized carbons (Fsp3) is 0.167. The molecule has 0 saturated heterocycles. The third-order valence-corrected chi connectivity index (χ3v) is 4.33. The van der Waals surface area contributed by atoms with E-state index in [1.807, 2.05) is 18.2 Å². The summed E-state index contributed by atoms with van der Waals surface area (Å²) in [4.78, 5) is 29.9. The first kappa shape index (κ1) is 15.5. The Kier molecular flexibility index (Phi) is 4.05. The van der Waals surface area contributed by atoms with Gasteiger partial charge in [-0.15, -0.1) is 0 Å². The van der Waals surface area contributed by atoms with Crippen molar-refractivity contribution in [3.63, 3.8) is 0 Å². The van der Waals surface area contributed by atoms with Gasteiger partial charge in [-0.05, 0) is 28.1 Å². The van der Waals surface area contributed by atoms with Gasteiger partial charge in [-0.3, -0.25) is 4.79 Å². The number of hydrogen-bond acceptors (Lipinski definition) is 7. The van der Waals surface area contributed by atoms with Gasteiger partial charge in [0, 0.05) is 16.5 Å². The average Bonchev–Trinajstić information content (AvgIpc) is 3.02. The van der Waals surface area contributed by atoms with Crippen LogP contribution in [0.25, 0.3) is 10.2 Å². The van der Waals surface area contributed by atoms with E-state index in [0.29, 0.717) is 11.0 Å². The molecule has 2 heterocycles. The molecule has 1 N–H and O–H groups in total. The van der Waals surface area contributed by atoms with Crippen molar-refractivity contribution in [2.24, 2.45) is 0 Å². The van der Waals surface area contributed by atoms with Gasteiger partial charge in [-0.1, -0.05) is 27.3 Å². The van der Waals surface area contributed by atoms with Crippen LogP contribution in [0.2, 0.25) is 0 Å². The summed E-state index contributed by atoms with van der Waals surface area (Å²) in [6, 6.07) is 5.62. The second-order valence-electron chi connectivity index (χ2n) is 4.55. The largest absolute Gasteiger partial charge is 0.491 e. The first-order valence-corrected chi connectivity index (χ1v) is 7.95. The number of nitro groups is 1. The summed E-state index contributed by atoms with van der Waals surface area (Å²) in [7, 11) is 0. The van der Waals surface area contributed by atoms with Crippen LogP contribution in [-0.2, 0) is 11.3 Å². The summed E-state index contributed by atoms with van der Waals surface area (Å²) in [6.07, 6.45) is 0. The molecule has 1 amide bonds. The van der Waals surface area contributed by atoms with Crippen LogP contribution in [0.5, 0.6) is 0 Å². The van der Waals surface area contributed by atoms with Gasteiger partial charge in [0.15, 0.2) is 5.13 Å². The topological polar surface area (TPSA) is 116 Å². The molecule has 1 aromatic carbocycles. The van der Waals surface area contributed by atoms with E-state index in [9.17, 15) is 14.9 Å². The van der Waals surface area contributed by atoms with Gasteiger partial charge in [0.05, 0.1) is 10.2 Å². The highest BCUT2D eigenvalue weighted by molar-refractivity contribution is 9.10. The number of aromatic nitrogens is 4. The zero-order chi connectivity index (χ0) is 16.6. The predicted molar refractivity (Wildman–Crippen MR) is 87.4 cm³/mol. The molecule has 3 aromatic rings. The van der Waals surface area contributed by atoms with Gasteiger partial charge >= 0.3 is 5.95 Å². The number of aryl methyl sites for hydroxylation is 1. The summed E-state index contributed by atoms with van der Waals surface area (Å²) in [5, 5.41) is 17.4. The van der Waals surface area contributed by atoms with Crippen molar-refractivity contribution in [3.8, 4) is 0 Å². The highest BCUT2D eigenvalue weighted by Crippen LogP contribution is 2.28. The minimum atomic E-state index is -0.702. The van der Waals surface area contributed by atoms with E-state index >= 15 is 0 Å². The number of rotatable bonds is 4. The third kappa shape index (κ3) is 3.35. The van der Waals surface area contributed by atoms with Crippen LogP contribution >= 0.6 is 27.3 Å². The van der Waals surface area contributed by atoms with Crippen molar-refractivity contribution < 1.29 is 9.72 Å². The molecule has 3 rings (SSSR count). The molecule has 11 heteroatoms. The van der Waals surface area contributed by atoms with Crippen molar-refractivity contribution in [3.05, 3.63) is 38.6 Å². The van der Waals surface area contributed by atoms with Crippen LogP contribution in [0, 0.1) is 17.0 Å². The first-order valence-electron chi connectivity index (χ1n) is 6.34. The molecule has 0 unspecified atom stereocenters. The molecule has 0 aliphatic carbocycles. The molecule has 0 fully saturated rings. The second-order valence-corrected chi connectivity index (χ2v) is 6.50. The maximum absolute atomic E-state index is 12.0. The molecular weight excluding hydrogens is 388 g/mol. The normalized spacial score (nSPS) is 10.9. The maximum Gasteiger partial charge on any atom is 0.491 e. The van der Waals surface area contributed by atoms with Crippen LogP contribution < -0.4 is 5.32 Å². The van der Waals surface area contributed by atoms with E-state index in [1.165, 1.54) is 16.0 Å². The lowest BCUT2D eigenvalue weighted by Crippen LogP contribution is -2.20. The molecule has 9 nitrogen and oxygen atoms in total. The van der Waals surface area contributed by atoms with Gasteiger partial charge < -0.3 is 15.4 Å². The van der Waals surface area contributed by atoms with Crippen LogP contribution in [0.1, 0.15) is 5.82 Å². The lowest BCUT2D eigenvalue weighted by atomic mass is 10.3.